The number of hydrogen-bond donors (Lipinski definition) is 1. The number of ether oxygens (including phenoxy) is 2. The van der Waals surface area contributed by atoms with Gasteiger partial charge in [-0.3, -0.25) is 9.78 Å². The molecule has 0 saturated heterocycles. The Morgan fingerprint density at radius 1 is 1.17 bits per heavy atom. The molecule has 0 aliphatic heterocycles. The number of aromatic nitrogens is 1. The number of para-hydroxylation sites is 2. The van der Waals surface area contributed by atoms with Crippen LogP contribution in [0.1, 0.15) is 26.5 Å². The molecule has 1 aromatic carbocycles. The fourth-order valence-corrected chi connectivity index (χ4v) is 2.00. The number of rotatable bonds is 5. The fraction of sp³-hybridized carbons (Fsp3) is 0.333. The number of anilines is 1. The molecule has 0 atom stereocenters. The molecule has 1 amide bonds. The molecule has 0 bridgehead atoms. The van der Waals surface area contributed by atoms with Crippen molar-refractivity contribution in [2.24, 2.45) is 0 Å². The highest BCUT2D eigenvalue weighted by Gasteiger charge is 2.16. The van der Waals surface area contributed by atoms with Gasteiger partial charge in [0.25, 0.3) is 5.91 Å². The van der Waals surface area contributed by atoms with Gasteiger partial charge < -0.3 is 14.8 Å². The Labute approximate surface area is 136 Å². The van der Waals surface area contributed by atoms with Crippen molar-refractivity contribution in [3.8, 4) is 11.5 Å². The fourth-order valence-electron chi connectivity index (χ4n) is 2.00. The van der Waals surface area contributed by atoms with Crippen molar-refractivity contribution in [1.82, 2.24) is 4.98 Å². The number of methoxy groups -OCH3 is 1. The minimum absolute atomic E-state index is 0.0748. The van der Waals surface area contributed by atoms with E-state index < -0.39 is 0 Å². The predicted octanol–water partition coefficient (Wildman–Crippen LogP) is 3.41. The largest absolute Gasteiger partial charge is 0.493 e. The summed E-state index contributed by atoms with van der Waals surface area (Å²) in [5.74, 6) is 0.899. The number of benzene rings is 1. The topological polar surface area (TPSA) is 60.5 Å². The van der Waals surface area contributed by atoms with Crippen LogP contribution in [0.5, 0.6) is 11.5 Å². The highest BCUT2D eigenvalue weighted by atomic mass is 16.5. The van der Waals surface area contributed by atoms with Crippen LogP contribution in [0.3, 0.4) is 0 Å². The van der Waals surface area contributed by atoms with Crippen molar-refractivity contribution in [3.05, 3.63) is 48.3 Å². The number of nitrogens with zero attached hydrogens (tertiary/aromatic N) is 1. The zero-order valence-corrected chi connectivity index (χ0v) is 13.9. The average molecular weight is 314 g/mol. The summed E-state index contributed by atoms with van der Waals surface area (Å²) in [6.07, 6.45) is 1.69. The second-order valence-electron chi connectivity index (χ2n) is 6.17. The maximum atomic E-state index is 12.0. The molecule has 0 radical (unpaired) electrons. The normalized spacial score (nSPS) is 11.0. The smallest absolute Gasteiger partial charge is 0.262 e. The number of nitrogens with one attached hydrogen (secondary N) is 1. The van der Waals surface area contributed by atoms with Crippen LogP contribution >= 0.6 is 0 Å². The molecule has 122 valence electrons. The minimum atomic E-state index is -0.234. The van der Waals surface area contributed by atoms with Crippen molar-refractivity contribution in [1.29, 1.82) is 0 Å². The van der Waals surface area contributed by atoms with Crippen molar-refractivity contribution in [3.63, 3.8) is 0 Å². The van der Waals surface area contributed by atoms with Crippen LogP contribution in [0.4, 0.5) is 5.69 Å². The number of carbonyl (C=O) groups is 1. The molecular weight excluding hydrogens is 292 g/mol. The Kier molecular flexibility index (Phi) is 5.21. The summed E-state index contributed by atoms with van der Waals surface area (Å²) >= 11 is 0. The van der Waals surface area contributed by atoms with E-state index in [1.165, 1.54) is 0 Å². The van der Waals surface area contributed by atoms with E-state index in [4.69, 9.17) is 9.47 Å². The minimum Gasteiger partial charge on any atom is -0.493 e. The summed E-state index contributed by atoms with van der Waals surface area (Å²) in [5.41, 5.74) is 1.55. The Bertz CT molecular complexity index is 678. The van der Waals surface area contributed by atoms with Gasteiger partial charge in [-0.1, -0.05) is 32.9 Å². The van der Waals surface area contributed by atoms with E-state index in [1.54, 1.807) is 31.5 Å². The number of hydrogen-bond acceptors (Lipinski definition) is 4. The van der Waals surface area contributed by atoms with E-state index in [-0.39, 0.29) is 17.9 Å². The zero-order valence-electron chi connectivity index (χ0n) is 13.9. The van der Waals surface area contributed by atoms with Crippen molar-refractivity contribution in [2.45, 2.75) is 26.2 Å². The lowest BCUT2D eigenvalue weighted by molar-refractivity contribution is -0.118. The molecule has 0 unspecified atom stereocenters. The Hall–Kier alpha value is -2.56. The SMILES string of the molecule is COc1ccccc1OCC(=O)Nc1ccnc(C(C)(C)C)c1. The van der Waals surface area contributed by atoms with Gasteiger partial charge in [0.05, 0.1) is 7.11 Å². The lowest BCUT2D eigenvalue weighted by Gasteiger charge is -2.18. The maximum Gasteiger partial charge on any atom is 0.262 e. The lowest BCUT2D eigenvalue weighted by Crippen LogP contribution is -2.21. The Morgan fingerprint density at radius 3 is 2.52 bits per heavy atom. The molecule has 0 saturated carbocycles. The molecule has 23 heavy (non-hydrogen) atoms. The number of pyridine rings is 1. The molecule has 2 rings (SSSR count). The molecule has 0 spiro atoms. The summed E-state index contributed by atoms with van der Waals surface area (Å²) in [6, 6.07) is 10.9. The van der Waals surface area contributed by atoms with Gasteiger partial charge >= 0.3 is 0 Å². The van der Waals surface area contributed by atoms with E-state index in [9.17, 15) is 4.79 Å². The Balaban J connectivity index is 1.98. The van der Waals surface area contributed by atoms with Gasteiger partial charge in [-0.15, -0.1) is 0 Å². The second kappa shape index (κ2) is 7.13. The van der Waals surface area contributed by atoms with Gasteiger partial charge in [-0.2, -0.15) is 0 Å². The van der Waals surface area contributed by atoms with Gasteiger partial charge in [-0.25, -0.2) is 0 Å². The molecule has 0 aliphatic rings. The molecule has 1 aromatic heterocycles. The molecule has 2 aromatic rings. The first kappa shape index (κ1) is 16.8. The van der Waals surface area contributed by atoms with Crippen molar-refractivity contribution < 1.29 is 14.3 Å². The first-order valence-corrected chi connectivity index (χ1v) is 7.42. The van der Waals surface area contributed by atoms with Gasteiger partial charge in [0.15, 0.2) is 18.1 Å². The second-order valence-corrected chi connectivity index (χ2v) is 6.17. The first-order chi connectivity index (χ1) is 10.9. The van der Waals surface area contributed by atoms with E-state index in [0.717, 1.165) is 5.69 Å². The van der Waals surface area contributed by atoms with Crippen LogP contribution in [0.15, 0.2) is 42.6 Å². The summed E-state index contributed by atoms with van der Waals surface area (Å²) in [6.45, 7) is 6.14. The molecule has 1 N–H and O–H groups in total. The van der Waals surface area contributed by atoms with Crippen LogP contribution in [0.2, 0.25) is 0 Å². The standard InChI is InChI=1S/C18H22N2O3/c1-18(2,3)16-11-13(9-10-19-16)20-17(21)12-23-15-8-6-5-7-14(15)22-4/h5-11H,12H2,1-4H3,(H,19,20,21). The van der Waals surface area contributed by atoms with Crippen molar-refractivity contribution in [2.75, 3.05) is 19.0 Å². The monoisotopic (exact) mass is 314 g/mol. The zero-order chi connectivity index (χ0) is 16.9. The van der Waals surface area contributed by atoms with Gasteiger partial charge in [0.1, 0.15) is 0 Å². The molecule has 0 aliphatic carbocycles. The van der Waals surface area contributed by atoms with E-state index >= 15 is 0 Å². The van der Waals surface area contributed by atoms with Crippen LogP contribution in [0, 0.1) is 0 Å². The first-order valence-electron chi connectivity index (χ1n) is 7.42. The highest BCUT2D eigenvalue weighted by Crippen LogP contribution is 2.26. The lowest BCUT2D eigenvalue weighted by atomic mass is 9.91. The highest BCUT2D eigenvalue weighted by molar-refractivity contribution is 5.91. The third kappa shape index (κ3) is 4.71. The van der Waals surface area contributed by atoms with E-state index in [1.807, 2.05) is 18.2 Å². The summed E-state index contributed by atoms with van der Waals surface area (Å²) in [5, 5.41) is 2.82. The summed E-state index contributed by atoms with van der Waals surface area (Å²) in [4.78, 5) is 16.4. The number of amides is 1. The molecule has 5 nitrogen and oxygen atoms in total. The van der Waals surface area contributed by atoms with Crippen LogP contribution in [-0.2, 0) is 10.2 Å². The van der Waals surface area contributed by atoms with Crippen LogP contribution < -0.4 is 14.8 Å². The summed E-state index contributed by atoms with van der Waals surface area (Å²) in [7, 11) is 1.56. The third-order valence-corrected chi connectivity index (χ3v) is 3.24. The van der Waals surface area contributed by atoms with Gasteiger partial charge in [0.2, 0.25) is 0 Å². The van der Waals surface area contributed by atoms with Crippen LogP contribution in [0.25, 0.3) is 0 Å². The average Bonchev–Trinajstić information content (AvgIpc) is 2.52. The Morgan fingerprint density at radius 2 is 1.87 bits per heavy atom. The van der Waals surface area contributed by atoms with E-state index in [0.29, 0.717) is 17.2 Å². The van der Waals surface area contributed by atoms with Gasteiger partial charge in [0, 0.05) is 23.0 Å². The maximum absolute atomic E-state index is 12.0. The molecule has 1 heterocycles. The molecule has 0 fully saturated rings. The van der Waals surface area contributed by atoms with Gasteiger partial charge in [-0.05, 0) is 24.3 Å². The van der Waals surface area contributed by atoms with E-state index in [2.05, 4.69) is 31.1 Å². The van der Waals surface area contributed by atoms with Crippen molar-refractivity contribution >= 4 is 11.6 Å². The summed E-state index contributed by atoms with van der Waals surface area (Å²) < 4.78 is 10.7. The third-order valence-electron chi connectivity index (χ3n) is 3.24. The molecule has 5 heteroatoms. The quantitative estimate of drug-likeness (QED) is 0.919. The number of carbonyl (C=O) groups excluding carboxylic acids is 1. The predicted molar refractivity (Wildman–Crippen MR) is 90.1 cm³/mol. The molecular formula is C18H22N2O3. The van der Waals surface area contributed by atoms with Crippen LogP contribution in [-0.4, -0.2) is 24.6 Å².